The summed E-state index contributed by atoms with van der Waals surface area (Å²) in [7, 11) is 0. The van der Waals surface area contributed by atoms with Crippen LogP contribution in [0.25, 0.3) is 11.0 Å². The maximum Gasteiger partial charge on any atom is 0.336 e. The van der Waals surface area contributed by atoms with Gasteiger partial charge in [0.1, 0.15) is 11.3 Å². The quantitative estimate of drug-likeness (QED) is 0.695. The van der Waals surface area contributed by atoms with Gasteiger partial charge in [-0.1, -0.05) is 26.0 Å². The summed E-state index contributed by atoms with van der Waals surface area (Å²) in [6.07, 6.45) is -0.701. The summed E-state index contributed by atoms with van der Waals surface area (Å²) in [6, 6.07) is 15.9. The van der Waals surface area contributed by atoms with E-state index in [9.17, 15) is 9.59 Å². The van der Waals surface area contributed by atoms with E-state index in [4.69, 9.17) is 9.15 Å². The van der Waals surface area contributed by atoms with Crippen molar-refractivity contribution in [2.45, 2.75) is 32.8 Å². The first-order valence-corrected chi connectivity index (χ1v) is 8.54. The predicted molar refractivity (Wildman–Crippen MR) is 102 cm³/mol. The van der Waals surface area contributed by atoms with Crippen molar-refractivity contribution in [3.05, 3.63) is 70.6 Å². The summed E-state index contributed by atoms with van der Waals surface area (Å²) in [4.78, 5) is 23.7. The Hall–Kier alpha value is -3.08. The molecule has 0 bridgehead atoms. The molecule has 0 radical (unpaired) electrons. The molecule has 3 rings (SSSR count). The molecular formula is C21H21NO4. The van der Waals surface area contributed by atoms with Crippen LogP contribution < -0.4 is 15.7 Å². The van der Waals surface area contributed by atoms with Crippen LogP contribution in [0.2, 0.25) is 0 Å². The van der Waals surface area contributed by atoms with Gasteiger partial charge >= 0.3 is 5.63 Å². The average Bonchev–Trinajstić information content (AvgIpc) is 2.61. The molecule has 1 atom stereocenters. The third kappa shape index (κ3) is 4.11. The Morgan fingerprint density at radius 2 is 1.69 bits per heavy atom. The zero-order chi connectivity index (χ0) is 18.7. The number of hydrogen-bond acceptors (Lipinski definition) is 4. The highest BCUT2D eigenvalue weighted by Gasteiger charge is 2.15. The minimum Gasteiger partial charge on any atom is -0.481 e. The van der Waals surface area contributed by atoms with Crippen molar-refractivity contribution < 1.29 is 13.9 Å². The molecule has 1 N–H and O–H groups in total. The number of fused-ring (bicyclic) bond motifs is 1. The Kier molecular flexibility index (Phi) is 5.07. The van der Waals surface area contributed by atoms with Gasteiger partial charge in [0.15, 0.2) is 6.10 Å². The van der Waals surface area contributed by atoms with Crippen LogP contribution in [0.15, 0.2) is 63.8 Å². The van der Waals surface area contributed by atoms with E-state index in [0.717, 1.165) is 11.1 Å². The van der Waals surface area contributed by atoms with Crippen LogP contribution in [0.5, 0.6) is 5.75 Å². The minimum atomic E-state index is -0.701. The maximum atomic E-state index is 12.3. The summed E-state index contributed by atoms with van der Waals surface area (Å²) in [5, 5.41) is 3.63. The smallest absolute Gasteiger partial charge is 0.336 e. The Morgan fingerprint density at radius 3 is 2.38 bits per heavy atom. The molecular weight excluding hydrogens is 330 g/mol. The molecule has 0 aliphatic carbocycles. The molecule has 3 aromatic rings. The van der Waals surface area contributed by atoms with E-state index in [2.05, 4.69) is 19.2 Å². The third-order valence-corrected chi connectivity index (χ3v) is 4.12. The topological polar surface area (TPSA) is 68.5 Å². The molecule has 134 valence electrons. The van der Waals surface area contributed by atoms with Gasteiger partial charge in [0, 0.05) is 23.2 Å². The number of amides is 1. The number of carbonyl (C=O) groups excluding carboxylic acids is 1. The fourth-order valence-corrected chi connectivity index (χ4v) is 2.57. The molecule has 1 aromatic heterocycles. The number of nitrogens with one attached hydrogen (secondary N) is 1. The summed E-state index contributed by atoms with van der Waals surface area (Å²) in [5.74, 6) is 0.650. The van der Waals surface area contributed by atoms with Gasteiger partial charge < -0.3 is 14.5 Å². The number of rotatable bonds is 5. The Bertz CT molecular complexity index is 973. The molecule has 5 heteroatoms. The number of benzene rings is 2. The highest BCUT2D eigenvalue weighted by Crippen LogP contribution is 2.21. The van der Waals surface area contributed by atoms with Crippen molar-refractivity contribution in [3.63, 3.8) is 0 Å². The average molecular weight is 351 g/mol. The molecule has 0 saturated heterocycles. The second kappa shape index (κ2) is 7.44. The van der Waals surface area contributed by atoms with Crippen LogP contribution in [0.3, 0.4) is 0 Å². The number of hydrogen-bond donors (Lipinski definition) is 1. The second-order valence-electron chi connectivity index (χ2n) is 6.48. The fraction of sp³-hybridized carbons (Fsp3) is 0.238. The summed E-state index contributed by atoms with van der Waals surface area (Å²) in [6.45, 7) is 5.91. The molecule has 1 amide bonds. The van der Waals surface area contributed by atoms with Crippen LogP contribution >= 0.6 is 0 Å². The van der Waals surface area contributed by atoms with Gasteiger partial charge in [-0.2, -0.15) is 0 Å². The lowest BCUT2D eigenvalue weighted by molar-refractivity contribution is -0.122. The van der Waals surface area contributed by atoms with Gasteiger partial charge in [0.2, 0.25) is 0 Å². The predicted octanol–water partition coefficient (Wildman–Crippen LogP) is 4.32. The molecule has 0 aliphatic heterocycles. The first-order valence-electron chi connectivity index (χ1n) is 8.54. The third-order valence-electron chi connectivity index (χ3n) is 4.12. The normalized spacial score (nSPS) is 12.2. The van der Waals surface area contributed by atoms with Gasteiger partial charge in [-0.25, -0.2) is 4.79 Å². The lowest BCUT2D eigenvalue weighted by Gasteiger charge is -2.15. The minimum absolute atomic E-state index is 0.253. The number of carbonyl (C=O) groups is 1. The molecule has 0 saturated carbocycles. The van der Waals surface area contributed by atoms with Crippen molar-refractivity contribution in [2.24, 2.45) is 0 Å². The van der Waals surface area contributed by atoms with Crippen molar-refractivity contribution in [3.8, 4) is 5.75 Å². The van der Waals surface area contributed by atoms with Gasteiger partial charge in [0.25, 0.3) is 5.91 Å². The molecule has 0 unspecified atom stereocenters. The van der Waals surface area contributed by atoms with Crippen LogP contribution in [-0.4, -0.2) is 12.0 Å². The SMILES string of the molecule is CC(C)c1ccc(NC(=O)[C@@H](C)Oc2ccc3ccc(=O)oc3c2)cc1. The van der Waals surface area contributed by atoms with Crippen molar-refractivity contribution in [2.75, 3.05) is 5.32 Å². The molecule has 0 aliphatic rings. The number of ether oxygens (including phenoxy) is 1. The van der Waals surface area contributed by atoms with Gasteiger partial charge in [0.05, 0.1) is 0 Å². The highest BCUT2D eigenvalue weighted by molar-refractivity contribution is 5.94. The monoisotopic (exact) mass is 351 g/mol. The van der Waals surface area contributed by atoms with E-state index < -0.39 is 11.7 Å². The lowest BCUT2D eigenvalue weighted by Crippen LogP contribution is -2.30. The summed E-state index contributed by atoms with van der Waals surface area (Å²) >= 11 is 0. The Balaban J connectivity index is 1.67. The maximum absolute atomic E-state index is 12.3. The first kappa shape index (κ1) is 17.7. The standard InChI is InChI=1S/C21H21NO4/c1-13(2)15-4-8-17(9-5-15)22-21(24)14(3)25-18-10-6-16-7-11-20(23)26-19(16)12-18/h4-14H,1-3H3,(H,22,24)/t14-/m1/s1. The molecule has 0 spiro atoms. The van der Waals surface area contributed by atoms with Gasteiger partial charge in [-0.15, -0.1) is 0 Å². The van der Waals surface area contributed by atoms with Gasteiger partial charge in [-0.3, -0.25) is 4.79 Å². The molecule has 2 aromatic carbocycles. The van der Waals surface area contributed by atoms with Crippen molar-refractivity contribution >= 4 is 22.6 Å². The summed E-state index contributed by atoms with van der Waals surface area (Å²) in [5.41, 5.74) is 1.93. The zero-order valence-corrected chi connectivity index (χ0v) is 15.0. The Labute approximate surface area is 151 Å². The van der Waals surface area contributed by atoms with E-state index in [-0.39, 0.29) is 5.91 Å². The summed E-state index contributed by atoms with van der Waals surface area (Å²) < 4.78 is 10.8. The number of anilines is 1. The van der Waals surface area contributed by atoms with E-state index in [1.807, 2.05) is 24.3 Å². The zero-order valence-electron chi connectivity index (χ0n) is 15.0. The first-order chi connectivity index (χ1) is 12.4. The van der Waals surface area contributed by atoms with Crippen LogP contribution in [-0.2, 0) is 4.79 Å². The van der Waals surface area contributed by atoms with E-state index >= 15 is 0 Å². The van der Waals surface area contributed by atoms with Crippen molar-refractivity contribution in [1.29, 1.82) is 0 Å². The van der Waals surface area contributed by atoms with E-state index in [1.54, 1.807) is 31.2 Å². The molecule has 5 nitrogen and oxygen atoms in total. The largest absolute Gasteiger partial charge is 0.481 e. The second-order valence-corrected chi connectivity index (χ2v) is 6.48. The van der Waals surface area contributed by atoms with E-state index in [0.29, 0.717) is 17.3 Å². The molecule has 0 fully saturated rings. The fourth-order valence-electron chi connectivity index (χ4n) is 2.57. The van der Waals surface area contributed by atoms with Gasteiger partial charge in [-0.05, 0) is 48.7 Å². The highest BCUT2D eigenvalue weighted by atomic mass is 16.5. The van der Waals surface area contributed by atoms with E-state index in [1.165, 1.54) is 11.6 Å². The Morgan fingerprint density at radius 1 is 1.00 bits per heavy atom. The molecule has 26 heavy (non-hydrogen) atoms. The lowest BCUT2D eigenvalue weighted by atomic mass is 10.0. The molecule has 1 heterocycles. The van der Waals surface area contributed by atoms with Crippen LogP contribution in [0, 0.1) is 0 Å². The van der Waals surface area contributed by atoms with Crippen LogP contribution in [0.4, 0.5) is 5.69 Å². The van der Waals surface area contributed by atoms with Crippen LogP contribution in [0.1, 0.15) is 32.3 Å². The van der Waals surface area contributed by atoms with Crippen molar-refractivity contribution in [1.82, 2.24) is 0 Å².